The van der Waals surface area contributed by atoms with Crippen LogP contribution in [0, 0.1) is 0 Å². The average Bonchev–Trinajstić information content (AvgIpc) is 3.08. The molecule has 1 aliphatic rings. The quantitative estimate of drug-likeness (QED) is 0.858. The summed E-state index contributed by atoms with van der Waals surface area (Å²) in [4.78, 5) is 18.7. The predicted octanol–water partition coefficient (Wildman–Crippen LogP) is 1.76. The Morgan fingerprint density at radius 1 is 1.26 bits per heavy atom. The molecule has 23 heavy (non-hydrogen) atoms. The van der Waals surface area contributed by atoms with E-state index in [-0.39, 0.29) is 16.8 Å². The number of amides is 1. The molecule has 0 bridgehead atoms. The molecule has 1 aromatic carbocycles. The Labute approximate surface area is 135 Å². The Bertz CT molecular complexity index is 782. The zero-order valence-corrected chi connectivity index (χ0v) is 13.7. The van der Waals surface area contributed by atoms with Gasteiger partial charge in [0.2, 0.25) is 0 Å². The fourth-order valence-electron chi connectivity index (χ4n) is 2.90. The van der Waals surface area contributed by atoms with Crippen LogP contribution in [-0.4, -0.2) is 48.1 Å². The molecule has 122 valence electrons. The van der Waals surface area contributed by atoms with Crippen molar-refractivity contribution in [1.29, 1.82) is 0 Å². The normalized spacial score (nSPS) is 18.8. The second-order valence-corrected chi connectivity index (χ2v) is 7.87. The van der Waals surface area contributed by atoms with E-state index < -0.39 is 9.84 Å². The fourth-order valence-corrected chi connectivity index (χ4v) is 3.53. The van der Waals surface area contributed by atoms with Gasteiger partial charge in [-0.25, -0.2) is 13.4 Å². The Kier molecular flexibility index (Phi) is 4.21. The number of carbonyl (C=O) groups excluding carboxylic acids is 1. The van der Waals surface area contributed by atoms with Crippen LogP contribution in [0.15, 0.2) is 47.9 Å². The molecule has 2 heterocycles. The molecule has 1 amide bonds. The van der Waals surface area contributed by atoms with Crippen LogP contribution >= 0.6 is 0 Å². The minimum Gasteiger partial charge on any atom is -0.337 e. The van der Waals surface area contributed by atoms with Gasteiger partial charge in [0, 0.05) is 37.3 Å². The summed E-state index contributed by atoms with van der Waals surface area (Å²) < 4.78 is 25.0. The molecule has 3 rings (SSSR count). The molecule has 1 fully saturated rings. The second kappa shape index (κ2) is 6.16. The van der Waals surface area contributed by atoms with E-state index in [1.807, 2.05) is 15.7 Å². The van der Waals surface area contributed by atoms with Crippen molar-refractivity contribution in [3.63, 3.8) is 0 Å². The molecule has 1 unspecified atom stereocenters. The maximum atomic E-state index is 12.6. The van der Waals surface area contributed by atoms with Crippen molar-refractivity contribution in [3.8, 4) is 0 Å². The van der Waals surface area contributed by atoms with Gasteiger partial charge in [-0.3, -0.25) is 4.79 Å². The molecule has 1 saturated heterocycles. The Morgan fingerprint density at radius 3 is 2.61 bits per heavy atom. The average molecular weight is 333 g/mol. The van der Waals surface area contributed by atoms with Crippen LogP contribution in [0.1, 0.15) is 29.2 Å². The lowest BCUT2D eigenvalue weighted by molar-refractivity contribution is 0.0679. The highest BCUT2D eigenvalue weighted by Crippen LogP contribution is 2.23. The predicted molar refractivity (Wildman–Crippen MR) is 86.0 cm³/mol. The topological polar surface area (TPSA) is 72.3 Å². The van der Waals surface area contributed by atoms with Crippen LogP contribution < -0.4 is 0 Å². The SMILES string of the molecule is CS(=O)(=O)c1ccc(C(=O)N2CCCC(n3ccnc3)C2)cc1. The fraction of sp³-hybridized carbons (Fsp3) is 0.375. The number of hydrogen-bond acceptors (Lipinski definition) is 4. The molecule has 6 nitrogen and oxygen atoms in total. The molecule has 2 aromatic rings. The van der Waals surface area contributed by atoms with Crippen molar-refractivity contribution in [2.24, 2.45) is 0 Å². The third kappa shape index (κ3) is 3.44. The number of benzene rings is 1. The first-order chi connectivity index (χ1) is 10.9. The molecule has 0 radical (unpaired) electrons. The van der Waals surface area contributed by atoms with Crippen molar-refractivity contribution in [3.05, 3.63) is 48.5 Å². The number of rotatable bonds is 3. The lowest BCUT2D eigenvalue weighted by Gasteiger charge is -2.33. The van der Waals surface area contributed by atoms with Gasteiger partial charge < -0.3 is 9.47 Å². The number of nitrogens with zero attached hydrogens (tertiary/aromatic N) is 3. The number of sulfone groups is 1. The molecule has 0 spiro atoms. The van der Waals surface area contributed by atoms with E-state index in [1.165, 1.54) is 12.1 Å². The number of piperidine rings is 1. The zero-order chi connectivity index (χ0) is 16.4. The molecule has 0 saturated carbocycles. The van der Waals surface area contributed by atoms with Gasteiger partial charge in [0.1, 0.15) is 0 Å². The lowest BCUT2D eigenvalue weighted by atomic mass is 10.0. The smallest absolute Gasteiger partial charge is 0.253 e. The first-order valence-electron chi connectivity index (χ1n) is 7.52. The first kappa shape index (κ1) is 15.7. The summed E-state index contributed by atoms with van der Waals surface area (Å²) in [5.41, 5.74) is 0.517. The maximum absolute atomic E-state index is 12.6. The minimum absolute atomic E-state index is 0.0603. The molecular weight excluding hydrogens is 314 g/mol. The standard InChI is InChI=1S/C16H19N3O3S/c1-23(21,22)15-6-4-13(5-7-15)16(20)18-9-2-3-14(11-18)19-10-8-17-12-19/h4-8,10,12,14H,2-3,9,11H2,1H3. The molecule has 0 N–H and O–H groups in total. The van der Waals surface area contributed by atoms with Gasteiger partial charge in [-0.2, -0.15) is 0 Å². The van der Waals surface area contributed by atoms with Crippen molar-refractivity contribution < 1.29 is 13.2 Å². The third-order valence-electron chi connectivity index (χ3n) is 4.16. The second-order valence-electron chi connectivity index (χ2n) is 5.85. The van der Waals surface area contributed by atoms with E-state index in [9.17, 15) is 13.2 Å². The van der Waals surface area contributed by atoms with Crippen molar-refractivity contribution >= 4 is 15.7 Å². The summed E-state index contributed by atoms with van der Waals surface area (Å²) in [5, 5.41) is 0. The van der Waals surface area contributed by atoms with Crippen molar-refractivity contribution in [2.75, 3.05) is 19.3 Å². The summed E-state index contributed by atoms with van der Waals surface area (Å²) in [7, 11) is -3.24. The molecule has 1 aliphatic heterocycles. The largest absolute Gasteiger partial charge is 0.337 e. The van der Waals surface area contributed by atoms with E-state index in [0.717, 1.165) is 25.6 Å². The Balaban J connectivity index is 1.75. The zero-order valence-electron chi connectivity index (χ0n) is 12.9. The van der Waals surface area contributed by atoms with E-state index in [4.69, 9.17) is 0 Å². The molecule has 1 atom stereocenters. The highest BCUT2D eigenvalue weighted by atomic mass is 32.2. The van der Waals surface area contributed by atoms with E-state index in [2.05, 4.69) is 4.98 Å². The number of likely N-dealkylation sites (tertiary alicyclic amines) is 1. The Hall–Kier alpha value is -2.15. The third-order valence-corrected chi connectivity index (χ3v) is 5.29. The van der Waals surface area contributed by atoms with Crippen LogP contribution in [0.3, 0.4) is 0 Å². The van der Waals surface area contributed by atoms with Crippen LogP contribution in [0.2, 0.25) is 0 Å². The van der Waals surface area contributed by atoms with Gasteiger partial charge in [-0.15, -0.1) is 0 Å². The van der Waals surface area contributed by atoms with Crippen LogP contribution in [0.4, 0.5) is 0 Å². The monoisotopic (exact) mass is 333 g/mol. The summed E-state index contributed by atoms with van der Waals surface area (Å²) in [6.45, 7) is 1.36. The first-order valence-corrected chi connectivity index (χ1v) is 9.41. The van der Waals surface area contributed by atoms with E-state index >= 15 is 0 Å². The Morgan fingerprint density at radius 2 is 2.00 bits per heavy atom. The summed E-state index contributed by atoms with van der Waals surface area (Å²) in [5.74, 6) is -0.0603. The number of imidazole rings is 1. The van der Waals surface area contributed by atoms with E-state index in [1.54, 1.807) is 24.7 Å². The minimum atomic E-state index is -3.24. The van der Waals surface area contributed by atoms with Gasteiger partial charge in [-0.1, -0.05) is 0 Å². The number of hydrogen-bond donors (Lipinski definition) is 0. The van der Waals surface area contributed by atoms with Crippen molar-refractivity contribution in [2.45, 2.75) is 23.8 Å². The molecule has 0 aliphatic carbocycles. The summed E-state index contributed by atoms with van der Waals surface area (Å²) in [6.07, 6.45) is 8.55. The lowest BCUT2D eigenvalue weighted by Crippen LogP contribution is -2.40. The number of carbonyl (C=O) groups is 1. The van der Waals surface area contributed by atoms with Crippen LogP contribution in [0.25, 0.3) is 0 Å². The molecular formula is C16H19N3O3S. The van der Waals surface area contributed by atoms with Crippen molar-refractivity contribution in [1.82, 2.24) is 14.5 Å². The van der Waals surface area contributed by atoms with Gasteiger partial charge in [-0.05, 0) is 37.1 Å². The molecule has 7 heteroatoms. The van der Waals surface area contributed by atoms with Gasteiger partial charge >= 0.3 is 0 Å². The van der Waals surface area contributed by atoms with Gasteiger partial charge in [0.05, 0.1) is 17.3 Å². The highest BCUT2D eigenvalue weighted by molar-refractivity contribution is 7.90. The summed E-state index contributed by atoms with van der Waals surface area (Å²) >= 11 is 0. The highest BCUT2D eigenvalue weighted by Gasteiger charge is 2.25. The van der Waals surface area contributed by atoms with Crippen LogP contribution in [-0.2, 0) is 9.84 Å². The van der Waals surface area contributed by atoms with E-state index in [0.29, 0.717) is 12.1 Å². The van der Waals surface area contributed by atoms with Gasteiger partial charge in [0.25, 0.3) is 5.91 Å². The number of aromatic nitrogens is 2. The summed E-state index contributed by atoms with van der Waals surface area (Å²) in [6, 6.07) is 6.38. The van der Waals surface area contributed by atoms with Crippen LogP contribution in [0.5, 0.6) is 0 Å². The molecule has 1 aromatic heterocycles. The van der Waals surface area contributed by atoms with Gasteiger partial charge in [0.15, 0.2) is 9.84 Å². The maximum Gasteiger partial charge on any atom is 0.253 e.